The molecule has 32 heavy (non-hydrogen) atoms. The molecular weight excluding hydrogens is 398 g/mol. The highest BCUT2D eigenvalue weighted by molar-refractivity contribution is 6.15. The summed E-state index contributed by atoms with van der Waals surface area (Å²) in [4.78, 5) is 18.3. The number of benzene rings is 3. The third kappa shape index (κ3) is 2.68. The van der Waals surface area contributed by atoms with E-state index in [1.807, 2.05) is 91.3 Å². The number of para-hydroxylation sites is 2. The second kappa shape index (κ2) is 6.89. The van der Waals surface area contributed by atoms with Crippen LogP contribution in [0, 0.1) is 13.8 Å². The van der Waals surface area contributed by atoms with Crippen LogP contribution < -0.4 is 5.63 Å². The van der Waals surface area contributed by atoms with Crippen molar-refractivity contribution in [1.82, 2.24) is 14.8 Å². The van der Waals surface area contributed by atoms with Gasteiger partial charge >= 0.3 is 5.63 Å². The molecule has 0 saturated carbocycles. The molecule has 3 aromatic carbocycles. The standard InChI is InChI=1S/C27H19N3O2/c1-16-12-14-18(15-13-16)23-22-17(2)29-30(19-8-4-3-5-9-19)26(22)28-25-20-10-6-7-11-21(20)32-27(31)24(23)25/h3-15H,1-2H3. The lowest BCUT2D eigenvalue weighted by molar-refractivity contribution is 0.569. The Kier molecular flexibility index (Phi) is 3.98. The summed E-state index contributed by atoms with van der Waals surface area (Å²) in [6.45, 7) is 4.00. The molecule has 0 fully saturated rings. The van der Waals surface area contributed by atoms with Crippen LogP contribution in [0.15, 0.2) is 88.1 Å². The predicted octanol–water partition coefficient (Wildman–Crippen LogP) is 5.96. The summed E-state index contributed by atoms with van der Waals surface area (Å²) >= 11 is 0. The van der Waals surface area contributed by atoms with Crippen molar-refractivity contribution < 1.29 is 4.42 Å². The van der Waals surface area contributed by atoms with E-state index in [1.54, 1.807) is 6.07 Å². The van der Waals surface area contributed by atoms with Gasteiger partial charge in [-0.05, 0) is 43.7 Å². The van der Waals surface area contributed by atoms with Crippen LogP contribution in [-0.4, -0.2) is 14.8 Å². The van der Waals surface area contributed by atoms with Crippen LogP contribution in [0.25, 0.3) is 49.7 Å². The molecule has 6 aromatic rings. The van der Waals surface area contributed by atoms with Crippen LogP contribution in [0.4, 0.5) is 0 Å². The largest absolute Gasteiger partial charge is 0.422 e. The number of hydrogen-bond acceptors (Lipinski definition) is 4. The molecule has 0 unspecified atom stereocenters. The first-order valence-electron chi connectivity index (χ1n) is 10.5. The van der Waals surface area contributed by atoms with Gasteiger partial charge in [-0.25, -0.2) is 14.5 Å². The quantitative estimate of drug-likeness (QED) is 0.257. The summed E-state index contributed by atoms with van der Waals surface area (Å²) in [5.41, 5.74) is 6.09. The van der Waals surface area contributed by atoms with Gasteiger partial charge in [0.05, 0.1) is 27.7 Å². The summed E-state index contributed by atoms with van der Waals surface area (Å²) in [6.07, 6.45) is 0. The van der Waals surface area contributed by atoms with E-state index >= 15 is 0 Å². The van der Waals surface area contributed by atoms with Crippen molar-refractivity contribution in [3.05, 3.63) is 101 Å². The van der Waals surface area contributed by atoms with Crippen LogP contribution in [-0.2, 0) is 0 Å². The Labute approximate surface area is 183 Å². The van der Waals surface area contributed by atoms with E-state index in [9.17, 15) is 4.79 Å². The van der Waals surface area contributed by atoms with Gasteiger partial charge < -0.3 is 4.42 Å². The molecule has 0 amide bonds. The lowest BCUT2D eigenvalue weighted by Gasteiger charge is -2.11. The highest BCUT2D eigenvalue weighted by atomic mass is 16.4. The van der Waals surface area contributed by atoms with Gasteiger partial charge in [-0.2, -0.15) is 5.10 Å². The number of fused-ring (bicyclic) bond motifs is 4. The van der Waals surface area contributed by atoms with Gasteiger partial charge in [-0.1, -0.05) is 60.2 Å². The Morgan fingerprint density at radius 2 is 1.53 bits per heavy atom. The minimum Gasteiger partial charge on any atom is -0.422 e. The topological polar surface area (TPSA) is 60.9 Å². The van der Waals surface area contributed by atoms with Gasteiger partial charge in [0, 0.05) is 10.9 Å². The van der Waals surface area contributed by atoms with E-state index in [2.05, 4.69) is 0 Å². The number of aryl methyl sites for hydroxylation is 2. The molecule has 0 saturated heterocycles. The first-order chi connectivity index (χ1) is 15.6. The number of pyridine rings is 1. The van der Waals surface area contributed by atoms with Crippen molar-refractivity contribution in [3.8, 4) is 16.8 Å². The lowest BCUT2D eigenvalue weighted by Crippen LogP contribution is -2.05. The molecule has 0 aliphatic heterocycles. The highest BCUT2D eigenvalue weighted by Gasteiger charge is 2.23. The number of aromatic nitrogens is 3. The Hall–Kier alpha value is -4.25. The molecule has 0 atom stereocenters. The maximum Gasteiger partial charge on any atom is 0.346 e. The third-order valence-corrected chi connectivity index (χ3v) is 5.88. The molecule has 0 bridgehead atoms. The van der Waals surface area contributed by atoms with Crippen molar-refractivity contribution in [2.24, 2.45) is 0 Å². The van der Waals surface area contributed by atoms with E-state index in [1.165, 1.54) is 0 Å². The van der Waals surface area contributed by atoms with E-state index in [-0.39, 0.29) is 0 Å². The number of nitrogens with zero attached hydrogens (tertiary/aromatic N) is 3. The maximum atomic E-state index is 13.3. The van der Waals surface area contributed by atoms with Crippen LogP contribution in [0.2, 0.25) is 0 Å². The second-order valence-corrected chi connectivity index (χ2v) is 7.99. The molecule has 0 spiro atoms. The lowest BCUT2D eigenvalue weighted by atomic mass is 9.96. The maximum absolute atomic E-state index is 13.3. The molecule has 6 rings (SSSR count). The Morgan fingerprint density at radius 1 is 0.812 bits per heavy atom. The summed E-state index contributed by atoms with van der Waals surface area (Å²) in [5, 5.41) is 6.96. The van der Waals surface area contributed by atoms with Gasteiger partial charge in [0.2, 0.25) is 0 Å². The van der Waals surface area contributed by atoms with Crippen molar-refractivity contribution in [3.63, 3.8) is 0 Å². The molecule has 3 aromatic heterocycles. The Bertz CT molecular complexity index is 1700. The van der Waals surface area contributed by atoms with Crippen LogP contribution >= 0.6 is 0 Å². The van der Waals surface area contributed by atoms with Crippen LogP contribution in [0.3, 0.4) is 0 Å². The predicted molar refractivity (Wildman–Crippen MR) is 127 cm³/mol. The Morgan fingerprint density at radius 3 is 2.31 bits per heavy atom. The van der Waals surface area contributed by atoms with Crippen molar-refractivity contribution in [2.45, 2.75) is 13.8 Å². The first kappa shape index (κ1) is 18.5. The Balaban J connectivity index is 1.88. The SMILES string of the molecule is Cc1ccc(-c2c3c(C)nn(-c4ccccc4)c3nc3c2c(=O)oc2ccccc23)cc1. The second-order valence-electron chi connectivity index (χ2n) is 7.99. The summed E-state index contributed by atoms with van der Waals surface area (Å²) < 4.78 is 7.57. The summed E-state index contributed by atoms with van der Waals surface area (Å²) in [6, 6.07) is 25.6. The fourth-order valence-electron chi connectivity index (χ4n) is 4.37. The molecule has 3 heterocycles. The average molecular weight is 417 g/mol. The average Bonchev–Trinajstić information content (AvgIpc) is 3.15. The van der Waals surface area contributed by atoms with Crippen LogP contribution in [0.1, 0.15) is 11.3 Å². The zero-order valence-electron chi connectivity index (χ0n) is 17.7. The van der Waals surface area contributed by atoms with E-state index in [4.69, 9.17) is 14.5 Å². The van der Waals surface area contributed by atoms with Gasteiger partial charge in [-0.3, -0.25) is 0 Å². The fraction of sp³-hybridized carbons (Fsp3) is 0.0741. The zero-order valence-corrected chi connectivity index (χ0v) is 17.7. The molecule has 0 aliphatic rings. The van der Waals surface area contributed by atoms with Gasteiger partial charge in [-0.15, -0.1) is 0 Å². The fourth-order valence-corrected chi connectivity index (χ4v) is 4.37. The van der Waals surface area contributed by atoms with Crippen molar-refractivity contribution >= 4 is 32.9 Å². The highest BCUT2D eigenvalue weighted by Crippen LogP contribution is 2.38. The van der Waals surface area contributed by atoms with Gasteiger partial charge in [0.15, 0.2) is 5.65 Å². The molecule has 5 heteroatoms. The molecule has 0 N–H and O–H groups in total. The van der Waals surface area contributed by atoms with E-state index in [0.717, 1.165) is 38.8 Å². The molecule has 154 valence electrons. The number of rotatable bonds is 2. The van der Waals surface area contributed by atoms with E-state index in [0.29, 0.717) is 22.1 Å². The molecule has 0 aliphatic carbocycles. The minimum atomic E-state index is -0.393. The molecule has 0 radical (unpaired) electrons. The smallest absolute Gasteiger partial charge is 0.346 e. The van der Waals surface area contributed by atoms with Crippen molar-refractivity contribution in [2.75, 3.05) is 0 Å². The molecular formula is C27H19N3O2. The minimum absolute atomic E-state index is 0.393. The monoisotopic (exact) mass is 417 g/mol. The summed E-state index contributed by atoms with van der Waals surface area (Å²) in [7, 11) is 0. The van der Waals surface area contributed by atoms with Crippen LogP contribution in [0.5, 0.6) is 0 Å². The molecule has 5 nitrogen and oxygen atoms in total. The zero-order chi connectivity index (χ0) is 21.8. The normalized spacial score (nSPS) is 11.6. The van der Waals surface area contributed by atoms with Crippen molar-refractivity contribution in [1.29, 1.82) is 0 Å². The summed E-state index contributed by atoms with van der Waals surface area (Å²) in [5.74, 6) is 0. The van der Waals surface area contributed by atoms with Gasteiger partial charge in [0.25, 0.3) is 0 Å². The van der Waals surface area contributed by atoms with Gasteiger partial charge in [0.1, 0.15) is 5.58 Å². The third-order valence-electron chi connectivity index (χ3n) is 5.88. The number of hydrogen-bond donors (Lipinski definition) is 0. The van der Waals surface area contributed by atoms with E-state index < -0.39 is 5.63 Å². The first-order valence-corrected chi connectivity index (χ1v) is 10.5.